The van der Waals surface area contributed by atoms with Crippen molar-refractivity contribution >= 4 is 11.0 Å². The molecule has 0 fully saturated rings. The summed E-state index contributed by atoms with van der Waals surface area (Å²) in [5, 5.41) is 0. The molecule has 0 radical (unpaired) electrons. The minimum absolute atomic E-state index is 0.0867. The van der Waals surface area contributed by atoms with Crippen LogP contribution in [-0.4, -0.2) is 20.7 Å². The zero-order valence-corrected chi connectivity index (χ0v) is 13.7. The molecule has 0 unspecified atom stereocenters. The van der Waals surface area contributed by atoms with E-state index in [2.05, 4.69) is 11.9 Å². The first-order valence-corrected chi connectivity index (χ1v) is 7.89. The zero-order valence-electron chi connectivity index (χ0n) is 13.7. The van der Waals surface area contributed by atoms with E-state index >= 15 is 0 Å². The van der Waals surface area contributed by atoms with Gasteiger partial charge in [0, 0.05) is 13.1 Å². The molecule has 2 heterocycles. The first kappa shape index (κ1) is 15.3. The van der Waals surface area contributed by atoms with E-state index in [4.69, 9.17) is 4.74 Å². The summed E-state index contributed by atoms with van der Waals surface area (Å²) in [6, 6.07) is 9.63. The van der Waals surface area contributed by atoms with E-state index in [1.165, 1.54) is 0 Å². The van der Waals surface area contributed by atoms with Crippen LogP contribution in [0.25, 0.3) is 16.7 Å². The van der Waals surface area contributed by atoms with Crippen molar-refractivity contribution in [3.05, 3.63) is 52.7 Å². The highest BCUT2D eigenvalue weighted by Crippen LogP contribution is 2.22. The van der Waals surface area contributed by atoms with Crippen molar-refractivity contribution in [1.29, 1.82) is 0 Å². The first-order valence-electron chi connectivity index (χ1n) is 7.89. The number of hydrogen-bond donors (Lipinski definition) is 0. The molecule has 1 aromatic carbocycles. The van der Waals surface area contributed by atoms with Crippen molar-refractivity contribution in [3.8, 4) is 11.4 Å². The second kappa shape index (κ2) is 6.28. The SMILES string of the molecule is CCCCOc1cc(-n2c(=O)n(C)c3ccccc32)cnc1C. The Morgan fingerprint density at radius 1 is 1.22 bits per heavy atom. The molecule has 0 N–H and O–H groups in total. The van der Waals surface area contributed by atoms with Gasteiger partial charge in [-0.25, -0.2) is 4.79 Å². The molecular formula is C18H21N3O2. The third-order valence-electron chi connectivity index (χ3n) is 4.00. The summed E-state index contributed by atoms with van der Waals surface area (Å²) in [6.07, 6.45) is 3.79. The Kier molecular flexibility index (Phi) is 4.19. The zero-order chi connectivity index (χ0) is 16.4. The molecule has 0 aliphatic carbocycles. The fourth-order valence-electron chi connectivity index (χ4n) is 2.64. The van der Waals surface area contributed by atoms with E-state index in [1.807, 2.05) is 37.3 Å². The molecule has 2 aromatic heterocycles. The topological polar surface area (TPSA) is 49.0 Å². The molecule has 3 aromatic rings. The van der Waals surface area contributed by atoms with Gasteiger partial charge in [0.05, 0.1) is 35.2 Å². The maximum absolute atomic E-state index is 12.6. The van der Waals surface area contributed by atoms with Gasteiger partial charge in [0.15, 0.2) is 0 Å². The molecule has 0 aliphatic heterocycles. The third kappa shape index (κ3) is 2.74. The third-order valence-corrected chi connectivity index (χ3v) is 4.00. The fourth-order valence-corrected chi connectivity index (χ4v) is 2.64. The van der Waals surface area contributed by atoms with Crippen LogP contribution in [0.15, 0.2) is 41.3 Å². The molecule has 120 valence electrons. The quantitative estimate of drug-likeness (QED) is 0.680. The molecule has 5 heteroatoms. The van der Waals surface area contributed by atoms with E-state index in [9.17, 15) is 4.79 Å². The normalized spacial score (nSPS) is 11.1. The van der Waals surface area contributed by atoms with Gasteiger partial charge < -0.3 is 4.74 Å². The average molecular weight is 311 g/mol. The average Bonchev–Trinajstić information content (AvgIpc) is 2.82. The first-order chi connectivity index (χ1) is 11.1. The van der Waals surface area contributed by atoms with E-state index in [0.717, 1.165) is 41.0 Å². The van der Waals surface area contributed by atoms with Gasteiger partial charge in [-0.05, 0) is 25.5 Å². The predicted molar refractivity (Wildman–Crippen MR) is 91.5 cm³/mol. The summed E-state index contributed by atoms with van der Waals surface area (Å²) in [5.41, 5.74) is 3.23. The van der Waals surface area contributed by atoms with E-state index in [0.29, 0.717) is 6.61 Å². The van der Waals surface area contributed by atoms with E-state index in [-0.39, 0.29) is 5.69 Å². The number of pyridine rings is 1. The number of hydrogen-bond acceptors (Lipinski definition) is 3. The van der Waals surface area contributed by atoms with Crippen molar-refractivity contribution in [2.24, 2.45) is 7.05 Å². The smallest absolute Gasteiger partial charge is 0.333 e. The number of unbranched alkanes of at least 4 members (excludes halogenated alkanes) is 1. The molecule has 0 amide bonds. The second-order valence-electron chi connectivity index (χ2n) is 5.64. The summed E-state index contributed by atoms with van der Waals surface area (Å²) in [4.78, 5) is 17.0. The van der Waals surface area contributed by atoms with Crippen molar-refractivity contribution in [3.63, 3.8) is 0 Å². The van der Waals surface area contributed by atoms with Crippen LogP contribution in [0.4, 0.5) is 0 Å². The molecule has 0 spiro atoms. The Morgan fingerprint density at radius 3 is 2.70 bits per heavy atom. The molecule has 0 saturated carbocycles. The maximum atomic E-state index is 12.6. The number of fused-ring (bicyclic) bond motifs is 1. The van der Waals surface area contributed by atoms with Gasteiger partial charge in [-0.2, -0.15) is 0 Å². The van der Waals surface area contributed by atoms with Crippen molar-refractivity contribution in [2.75, 3.05) is 6.61 Å². The number of imidazole rings is 1. The van der Waals surface area contributed by atoms with Gasteiger partial charge in [-0.3, -0.25) is 14.1 Å². The van der Waals surface area contributed by atoms with Crippen LogP contribution >= 0.6 is 0 Å². The Balaban J connectivity index is 2.11. The molecule has 5 nitrogen and oxygen atoms in total. The van der Waals surface area contributed by atoms with Crippen LogP contribution in [0.5, 0.6) is 5.75 Å². The lowest BCUT2D eigenvalue weighted by Gasteiger charge is -2.10. The van der Waals surface area contributed by atoms with Gasteiger partial charge in [0.1, 0.15) is 5.75 Å². The number of aromatic nitrogens is 3. The van der Waals surface area contributed by atoms with Crippen molar-refractivity contribution in [1.82, 2.24) is 14.1 Å². The molecule has 3 rings (SSSR count). The molecule has 23 heavy (non-hydrogen) atoms. The van der Waals surface area contributed by atoms with Crippen molar-refractivity contribution < 1.29 is 4.74 Å². The van der Waals surface area contributed by atoms with Crippen LogP contribution in [-0.2, 0) is 7.05 Å². The van der Waals surface area contributed by atoms with E-state index in [1.54, 1.807) is 22.4 Å². The molecule has 0 saturated heterocycles. The Labute approximate surface area is 135 Å². The number of aryl methyl sites for hydroxylation is 2. The van der Waals surface area contributed by atoms with Gasteiger partial charge >= 0.3 is 5.69 Å². The Bertz CT molecular complexity index is 893. The lowest BCUT2D eigenvalue weighted by atomic mass is 10.3. The van der Waals surface area contributed by atoms with Gasteiger partial charge in [0.25, 0.3) is 0 Å². The number of ether oxygens (including phenoxy) is 1. The summed E-state index contributed by atoms with van der Waals surface area (Å²) in [5.74, 6) is 0.732. The predicted octanol–water partition coefficient (Wildman–Crippen LogP) is 3.21. The fraction of sp³-hybridized carbons (Fsp3) is 0.333. The number of rotatable bonds is 5. The monoisotopic (exact) mass is 311 g/mol. The summed E-state index contributed by atoms with van der Waals surface area (Å²) < 4.78 is 9.13. The molecular weight excluding hydrogens is 290 g/mol. The maximum Gasteiger partial charge on any atom is 0.333 e. The largest absolute Gasteiger partial charge is 0.492 e. The van der Waals surface area contributed by atoms with Crippen LogP contribution in [0.3, 0.4) is 0 Å². The lowest BCUT2D eigenvalue weighted by molar-refractivity contribution is 0.306. The van der Waals surface area contributed by atoms with Crippen LogP contribution in [0.1, 0.15) is 25.5 Å². The Morgan fingerprint density at radius 2 is 1.96 bits per heavy atom. The van der Waals surface area contributed by atoms with Gasteiger partial charge in [-0.15, -0.1) is 0 Å². The minimum Gasteiger partial charge on any atom is -0.492 e. The van der Waals surface area contributed by atoms with Gasteiger partial charge in [-0.1, -0.05) is 25.5 Å². The highest BCUT2D eigenvalue weighted by Gasteiger charge is 2.13. The van der Waals surface area contributed by atoms with Crippen LogP contribution in [0.2, 0.25) is 0 Å². The second-order valence-corrected chi connectivity index (χ2v) is 5.64. The summed E-state index contributed by atoms with van der Waals surface area (Å²) >= 11 is 0. The van der Waals surface area contributed by atoms with Crippen LogP contribution in [0, 0.1) is 6.92 Å². The minimum atomic E-state index is -0.0867. The highest BCUT2D eigenvalue weighted by molar-refractivity contribution is 5.78. The lowest BCUT2D eigenvalue weighted by Crippen LogP contribution is -2.21. The standard InChI is InChI=1S/C18H21N3O2/c1-4-5-10-23-17-11-14(12-19-13(17)2)21-16-9-7-6-8-15(16)20(3)18(21)22/h6-9,11-12H,4-5,10H2,1-3H3. The summed E-state index contributed by atoms with van der Waals surface area (Å²) in [7, 11) is 1.78. The Hall–Kier alpha value is -2.56. The van der Waals surface area contributed by atoms with Gasteiger partial charge in [0.2, 0.25) is 0 Å². The number of nitrogens with zero attached hydrogens (tertiary/aromatic N) is 3. The molecule has 0 aliphatic rings. The highest BCUT2D eigenvalue weighted by atomic mass is 16.5. The molecule has 0 bridgehead atoms. The summed E-state index contributed by atoms with van der Waals surface area (Å²) in [6.45, 7) is 4.70. The van der Waals surface area contributed by atoms with Crippen molar-refractivity contribution in [2.45, 2.75) is 26.7 Å². The number of para-hydroxylation sites is 2. The van der Waals surface area contributed by atoms with Crippen LogP contribution < -0.4 is 10.4 Å². The molecule has 0 atom stereocenters. The van der Waals surface area contributed by atoms with E-state index < -0.39 is 0 Å². The number of benzene rings is 1.